The fourth-order valence-electron chi connectivity index (χ4n) is 14.0. The number of likely N-dealkylation sites (N-methyl/N-ethyl adjacent to an activating group) is 1. The third-order valence-corrected chi connectivity index (χ3v) is 17.5. The number of nitrogens with one attached hydrogen (secondary N) is 1. The van der Waals surface area contributed by atoms with Crippen molar-refractivity contribution in [1.29, 1.82) is 0 Å². The van der Waals surface area contributed by atoms with E-state index in [0.717, 1.165) is 73.9 Å². The molecule has 1 aromatic rings. The standard InChI is InChI=1S/C49H72ClN3O7/c1-30(2)40-35(55)27-49(42(34(50)29-54)53(26-25-51-10)52(11)31-13-15-32(59-12)16-14-31)24-23-47(8)33(41(40)49)17-18-37-46(7)21-20-38(60-39(56)28-44(3,4)43(57)58)45(5,6)36(46)19-22-48(37,47)9/h13-16,29-30,33,36-38,51H,17-28H2,1-12H3,(H,57,58)/b42-34+/t33?,36?,37?,38?,46?,47-,48?,49?/m1/s1. The number of aldehydes is 1. The molecule has 60 heavy (non-hydrogen) atoms. The Morgan fingerprint density at radius 3 is 2.23 bits per heavy atom. The molecule has 0 heterocycles. The Balaban J connectivity index is 1.39. The van der Waals surface area contributed by atoms with Crippen LogP contribution in [0.2, 0.25) is 0 Å². The SMILES string of the molecule is CNCCN(/C(=C(/Cl)C=O)C12CC[C@]3(C)C(CCC4C5(C)CCC(OC(=O)CC(C)(C)C(=O)O)C(C)(C)C5CCC43C)C1=C(C(C)C)C(=O)C2)N(C)c1ccc(OC)cc1. The lowest BCUT2D eigenvalue weighted by molar-refractivity contribution is -0.233. The van der Waals surface area contributed by atoms with Gasteiger partial charge in [0.05, 0.1) is 36.9 Å². The van der Waals surface area contributed by atoms with Gasteiger partial charge in [-0.25, -0.2) is 0 Å². The molecule has 0 aliphatic heterocycles. The van der Waals surface area contributed by atoms with Gasteiger partial charge in [-0.2, -0.15) is 0 Å². The van der Waals surface area contributed by atoms with E-state index in [1.807, 2.05) is 38.4 Å². The zero-order valence-electron chi connectivity index (χ0n) is 38.4. The minimum absolute atomic E-state index is 0.0000690. The van der Waals surface area contributed by atoms with Gasteiger partial charge in [-0.05, 0) is 148 Å². The number of Topliss-reactive ketones (excluding diaryl/α,β-unsaturated/α-hetero) is 1. The van der Waals surface area contributed by atoms with Crippen LogP contribution in [0.4, 0.5) is 5.69 Å². The van der Waals surface area contributed by atoms with Crippen molar-refractivity contribution in [2.75, 3.05) is 39.3 Å². The fraction of sp³-hybridized carbons (Fsp3) is 0.714. The number of fused-ring (bicyclic) bond motifs is 7. The Labute approximate surface area is 364 Å². The first-order valence-electron chi connectivity index (χ1n) is 22.4. The predicted molar refractivity (Wildman–Crippen MR) is 236 cm³/mol. The number of carboxylic acids is 1. The third-order valence-electron chi connectivity index (χ3n) is 17.2. The van der Waals surface area contributed by atoms with Crippen LogP contribution in [0, 0.1) is 56.2 Å². The van der Waals surface area contributed by atoms with E-state index >= 15 is 0 Å². The Hall–Kier alpha value is -3.37. The molecule has 0 saturated heterocycles. The zero-order valence-corrected chi connectivity index (χ0v) is 39.2. The summed E-state index contributed by atoms with van der Waals surface area (Å²) in [6, 6.07) is 7.86. The lowest BCUT2D eigenvalue weighted by Crippen LogP contribution is -2.66. The molecular weight excluding hydrogens is 778 g/mol. The molecule has 7 unspecified atom stereocenters. The van der Waals surface area contributed by atoms with E-state index < -0.39 is 22.8 Å². The van der Waals surface area contributed by atoms with Crippen LogP contribution in [-0.4, -0.2) is 74.5 Å². The first-order valence-corrected chi connectivity index (χ1v) is 22.7. The molecular formula is C49H72ClN3O7. The number of ketones is 1. The maximum absolute atomic E-state index is 14.7. The van der Waals surface area contributed by atoms with Crippen LogP contribution in [-0.2, 0) is 23.9 Å². The van der Waals surface area contributed by atoms with Crippen LogP contribution in [0.15, 0.2) is 46.1 Å². The molecule has 11 heteroatoms. The van der Waals surface area contributed by atoms with Crippen LogP contribution < -0.4 is 15.1 Å². The second-order valence-electron chi connectivity index (χ2n) is 21.2. The summed E-state index contributed by atoms with van der Waals surface area (Å²) in [4.78, 5) is 52.8. The van der Waals surface area contributed by atoms with Gasteiger partial charge in [0.1, 0.15) is 16.9 Å². The molecule has 2 N–H and O–H groups in total. The highest BCUT2D eigenvalue weighted by molar-refractivity contribution is 6.39. The number of carbonyl (C=O) groups is 4. The number of halogens is 1. The first-order chi connectivity index (χ1) is 28.0. The number of hydrazine groups is 1. The maximum atomic E-state index is 14.7. The lowest BCUT2D eigenvalue weighted by Gasteiger charge is -2.72. The molecule has 332 valence electrons. The summed E-state index contributed by atoms with van der Waals surface area (Å²) in [5.74, 6) is 0.349. The Bertz CT molecular complexity index is 1920. The highest BCUT2D eigenvalue weighted by atomic mass is 35.5. The normalized spacial score (nSPS) is 33.8. The number of rotatable bonds is 14. The average Bonchev–Trinajstić information content (AvgIpc) is 3.49. The monoisotopic (exact) mass is 850 g/mol. The van der Waals surface area contributed by atoms with E-state index in [1.165, 1.54) is 5.57 Å². The van der Waals surface area contributed by atoms with Gasteiger partial charge < -0.3 is 19.9 Å². The summed E-state index contributed by atoms with van der Waals surface area (Å²) < 4.78 is 11.7. The largest absolute Gasteiger partial charge is 0.497 e. The molecule has 8 atom stereocenters. The number of hydrogen-bond acceptors (Lipinski definition) is 9. The van der Waals surface area contributed by atoms with Crippen molar-refractivity contribution in [2.24, 2.45) is 56.2 Å². The number of aliphatic carboxylic acids is 1. The summed E-state index contributed by atoms with van der Waals surface area (Å²) in [6.45, 7) is 20.7. The molecule has 4 fully saturated rings. The van der Waals surface area contributed by atoms with E-state index in [1.54, 1.807) is 21.0 Å². The number of methoxy groups -OCH3 is 1. The molecule has 0 spiro atoms. The van der Waals surface area contributed by atoms with E-state index in [2.05, 4.69) is 63.8 Å². The van der Waals surface area contributed by atoms with Gasteiger partial charge in [0.2, 0.25) is 0 Å². The minimum atomic E-state index is -1.19. The van der Waals surface area contributed by atoms with Gasteiger partial charge in [-0.1, -0.05) is 60.1 Å². The molecule has 5 aliphatic rings. The van der Waals surface area contributed by atoms with Gasteiger partial charge in [0, 0.05) is 30.8 Å². The molecule has 5 aliphatic carbocycles. The maximum Gasteiger partial charge on any atom is 0.309 e. The number of esters is 1. The number of carboxylic acid groups (broad SMARTS) is 1. The zero-order chi connectivity index (χ0) is 44.4. The average molecular weight is 851 g/mol. The highest BCUT2D eigenvalue weighted by Crippen LogP contribution is 2.77. The summed E-state index contributed by atoms with van der Waals surface area (Å²) in [6.07, 6.45) is 7.91. The molecule has 10 nitrogen and oxygen atoms in total. The lowest BCUT2D eigenvalue weighted by atomic mass is 9.33. The number of nitrogens with zero attached hydrogens (tertiary/aromatic N) is 2. The smallest absolute Gasteiger partial charge is 0.309 e. The van der Waals surface area contributed by atoms with E-state index in [4.69, 9.17) is 21.1 Å². The van der Waals surface area contributed by atoms with Crippen LogP contribution in [0.5, 0.6) is 5.75 Å². The van der Waals surface area contributed by atoms with Crippen LogP contribution >= 0.6 is 11.6 Å². The van der Waals surface area contributed by atoms with Crippen LogP contribution in [0.25, 0.3) is 0 Å². The molecule has 6 rings (SSSR count). The molecule has 4 saturated carbocycles. The summed E-state index contributed by atoms with van der Waals surface area (Å²) in [5, 5.41) is 17.3. The van der Waals surface area contributed by atoms with Crippen molar-refractivity contribution in [1.82, 2.24) is 10.3 Å². The number of hydrogen-bond donors (Lipinski definition) is 2. The number of ether oxygens (including phenoxy) is 2. The van der Waals surface area contributed by atoms with Crippen molar-refractivity contribution in [3.05, 3.63) is 46.1 Å². The minimum Gasteiger partial charge on any atom is -0.497 e. The van der Waals surface area contributed by atoms with Crippen molar-refractivity contribution < 1.29 is 33.8 Å². The summed E-state index contributed by atoms with van der Waals surface area (Å²) >= 11 is 7.22. The van der Waals surface area contributed by atoms with Gasteiger partial charge in [0.25, 0.3) is 0 Å². The van der Waals surface area contributed by atoms with Crippen LogP contribution in [0.1, 0.15) is 127 Å². The van der Waals surface area contributed by atoms with Gasteiger partial charge in [-0.15, -0.1) is 0 Å². The quantitative estimate of drug-likeness (QED) is 0.0810. The van der Waals surface area contributed by atoms with Crippen molar-refractivity contribution >= 4 is 41.3 Å². The molecule has 0 aromatic heterocycles. The van der Waals surface area contributed by atoms with Crippen molar-refractivity contribution in [3.8, 4) is 5.75 Å². The molecule has 0 amide bonds. The van der Waals surface area contributed by atoms with Gasteiger partial charge in [0.15, 0.2) is 12.1 Å². The van der Waals surface area contributed by atoms with E-state index in [-0.39, 0.29) is 56.8 Å². The number of anilines is 1. The number of benzene rings is 1. The second kappa shape index (κ2) is 16.4. The summed E-state index contributed by atoms with van der Waals surface area (Å²) in [7, 11) is 5.56. The fourth-order valence-corrected chi connectivity index (χ4v) is 14.2. The van der Waals surface area contributed by atoms with Crippen LogP contribution in [0.3, 0.4) is 0 Å². The predicted octanol–water partition coefficient (Wildman–Crippen LogP) is 9.61. The van der Waals surface area contributed by atoms with Gasteiger partial charge in [-0.3, -0.25) is 29.2 Å². The topological polar surface area (TPSA) is 125 Å². The van der Waals surface area contributed by atoms with Crippen molar-refractivity contribution in [3.63, 3.8) is 0 Å². The molecule has 0 radical (unpaired) electrons. The first kappa shape index (κ1) is 46.1. The molecule has 1 aromatic carbocycles. The van der Waals surface area contributed by atoms with Crippen molar-refractivity contribution in [2.45, 2.75) is 133 Å². The van der Waals surface area contributed by atoms with E-state index in [0.29, 0.717) is 37.8 Å². The Morgan fingerprint density at radius 2 is 1.65 bits per heavy atom. The number of allylic oxidation sites excluding steroid dienone is 3. The second-order valence-corrected chi connectivity index (χ2v) is 21.7. The highest BCUT2D eigenvalue weighted by Gasteiger charge is 2.71. The Morgan fingerprint density at radius 1 is 0.983 bits per heavy atom. The van der Waals surface area contributed by atoms with E-state index in [9.17, 15) is 24.3 Å². The Kier molecular flexibility index (Phi) is 12.6. The number of carbonyl (C=O) groups excluding carboxylic acids is 3. The molecule has 0 bridgehead atoms. The van der Waals surface area contributed by atoms with Gasteiger partial charge >= 0.3 is 11.9 Å². The third kappa shape index (κ3) is 7.21. The summed E-state index contributed by atoms with van der Waals surface area (Å²) in [5.41, 5.74) is 1.39.